The number of para-hydroxylation sites is 1. The highest BCUT2D eigenvalue weighted by Gasteiger charge is 2.30. The molecular formula is C15H16ClNO3S. The summed E-state index contributed by atoms with van der Waals surface area (Å²) in [5, 5.41) is 14.4. The molecule has 1 aromatic carbocycles. The number of aliphatic hydroxyl groups is 1. The molecular weight excluding hydrogens is 310 g/mol. The zero-order valence-corrected chi connectivity index (χ0v) is 13.0. The Morgan fingerprint density at radius 1 is 1.43 bits per heavy atom. The Bertz CT molecular complexity index is 664. The van der Waals surface area contributed by atoms with E-state index in [0.717, 1.165) is 16.9 Å². The van der Waals surface area contributed by atoms with E-state index in [4.69, 9.17) is 16.0 Å². The fourth-order valence-corrected chi connectivity index (χ4v) is 3.87. The van der Waals surface area contributed by atoms with Crippen LogP contribution in [-0.2, 0) is 0 Å². The van der Waals surface area contributed by atoms with Gasteiger partial charge in [0, 0.05) is 11.9 Å². The second kappa shape index (κ2) is 5.91. The smallest absolute Gasteiger partial charge is 0.287 e. The number of benzene rings is 1. The second-order valence-corrected chi connectivity index (χ2v) is 6.92. The van der Waals surface area contributed by atoms with E-state index in [9.17, 15) is 9.90 Å². The molecule has 0 aliphatic carbocycles. The highest BCUT2D eigenvalue weighted by Crippen LogP contribution is 2.28. The Morgan fingerprint density at radius 3 is 2.90 bits per heavy atom. The van der Waals surface area contributed by atoms with Crippen molar-refractivity contribution in [3.8, 4) is 0 Å². The first-order valence-electron chi connectivity index (χ1n) is 6.84. The minimum atomic E-state index is -0.801. The van der Waals surface area contributed by atoms with Gasteiger partial charge in [-0.1, -0.05) is 23.7 Å². The van der Waals surface area contributed by atoms with Gasteiger partial charge >= 0.3 is 0 Å². The third kappa shape index (κ3) is 3.20. The normalized spacial score (nSPS) is 17.8. The third-order valence-electron chi connectivity index (χ3n) is 3.72. The van der Waals surface area contributed by atoms with Crippen LogP contribution in [0.4, 0.5) is 0 Å². The number of carbonyl (C=O) groups excluding carboxylic acids is 1. The molecule has 2 aromatic rings. The molecule has 2 heterocycles. The molecule has 1 aromatic heterocycles. The number of fused-ring (bicyclic) bond motifs is 1. The van der Waals surface area contributed by atoms with Gasteiger partial charge in [0.25, 0.3) is 5.91 Å². The molecule has 0 atom stereocenters. The van der Waals surface area contributed by atoms with Gasteiger partial charge in [-0.25, -0.2) is 0 Å². The van der Waals surface area contributed by atoms with Crippen molar-refractivity contribution in [2.24, 2.45) is 0 Å². The molecule has 0 bridgehead atoms. The molecule has 2 N–H and O–H groups in total. The molecule has 21 heavy (non-hydrogen) atoms. The largest absolute Gasteiger partial charge is 0.449 e. The average molecular weight is 326 g/mol. The molecule has 112 valence electrons. The van der Waals surface area contributed by atoms with Crippen molar-refractivity contribution in [3.05, 3.63) is 35.0 Å². The number of carbonyl (C=O) groups is 1. The lowest BCUT2D eigenvalue weighted by atomic mass is 9.97. The first-order valence-corrected chi connectivity index (χ1v) is 8.37. The van der Waals surface area contributed by atoms with Crippen molar-refractivity contribution in [2.75, 3.05) is 18.1 Å². The van der Waals surface area contributed by atoms with Crippen molar-refractivity contribution >= 4 is 40.2 Å². The van der Waals surface area contributed by atoms with E-state index in [1.54, 1.807) is 12.1 Å². The fourth-order valence-electron chi connectivity index (χ4n) is 2.40. The van der Waals surface area contributed by atoms with E-state index >= 15 is 0 Å². The van der Waals surface area contributed by atoms with Crippen LogP contribution in [0.25, 0.3) is 11.0 Å². The van der Waals surface area contributed by atoms with Gasteiger partial charge in [-0.05, 0) is 36.5 Å². The molecule has 1 aliphatic rings. The standard InChI is InChI=1S/C15H16ClNO3S/c16-11-3-1-2-10-8-12(20-13(10)11)14(18)17-9-15(19)4-6-21-7-5-15/h1-3,8,19H,4-7,9H2,(H,17,18). The second-order valence-electron chi connectivity index (χ2n) is 5.29. The summed E-state index contributed by atoms with van der Waals surface area (Å²) >= 11 is 7.85. The molecule has 1 fully saturated rings. The van der Waals surface area contributed by atoms with Gasteiger partial charge < -0.3 is 14.8 Å². The lowest BCUT2D eigenvalue weighted by molar-refractivity contribution is 0.0307. The highest BCUT2D eigenvalue weighted by atomic mass is 35.5. The zero-order chi connectivity index (χ0) is 14.9. The topological polar surface area (TPSA) is 62.5 Å². The summed E-state index contributed by atoms with van der Waals surface area (Å²) in [6.45, 7) is 0.247. The monoisotopic (exact) mass is 325 g/mol. The lowest BCUT2D eigenvalue weighted by Crippen LogP contribution is -2.45. The van der Waals surface area contributed by atoms with Crippen LogP contribution in [0.5, 0.6) is 0 Å². The number of nitrogens with one attached hydrogen (secondary N) is 1. The summed E-state index contributed by atoms with van der Waals surface area (Å²) in [7, 11) is 0. The van der Waals surface area contributed by atoms with Crippen LogP contribution in [0.1, 0.15) is 23.4 Å². The zero-order valence-electron chi connectivity index (χ0n) is 11.4. The number of halogens is 1. The summed E-state index contributed by atoms with van der Waals surface area (Å²) in [6.07, 6.45) is 1.40. The Balaban J connectivity index is 1.70. The average Bonchev–Trinajstić information content (AvgIpc) is 2.91. The summed E-state index contributed by atoms with van der Waals surface area (Å²) < 4.78 is 5.50. The van der Waals surface area contributed by atoms with Crippen molar-refractivity contribution in [3.63, 3.8) is 0 Å². The van der Waals surface area contributed by atoms with E-state index in [1.807, 2.05) is 23.9 Å². The number of rotatable bonds is 3. The Morgan fingerprint density at radius 2 is 2.19 bits per heavy atom. The van der Waals surface area contributed by atoms with Crippen LogP contribution in [0.15, 0.2) is 28.7 Å². The molecule has 3 rings (SSSR count). The molecule has 0 radical (unpaired) electrons. The Labute approximate surface area is 131 Å². The summed E-state index contributed by atoms with van der Waals surface area (Å²) in [5.41, 5.74) is -0.290. The minimum absolute atomic E-state index is 0.215. The van der Waals surface area contributed by atoms with Gasteiger partial charge in [0.15, 0.2) is 11.3 Å². The molecule has 1 aliphatic heterocycles. The first kappa shape index (κ1) is 14.8. The molecule has 1 amide bonds. The van der Waals surface area contributed by atoms with Gasteiger partial charge in [0.1, 0.15) is 0 Å². The van der Waals surface area contributed by atoms with E-state index in [-0.39, 0.29) is 18.2 Å². The molecule has 0 spiro atoms. The van der Waals surface area contributed by atoms with E-state index in [1.165, 1.54) is 0 Å². The van der Waals surface area contributed by atoms with E-state index in [0.29, 0.717) is 23.4 Å². The van der Waals surface area contributed by atoms with Gasteiger partial charge in [0.2, 0.25) is 0 Å². The number of furan rings is 1. The predicted molar refractivity (Wildman–Crippen MR) is 85.1 cm³/mol. The van der Waals surface area contributed by atoms with Gasteiger partial charge in [-0.15, -0.1) is 0 Å². The van der Waals surface area contributed by atoms with Gasteiger partial charge in [-0.2, -0.15) is 11.8 Å². The maximum atomic E-state index is 12.1. The predicted octanol–water partition coefficient (Wildman–Crippen LogP) is 3.07. The molecule has 6 heteroatoms. The minimum Gasteiger partial charge on any atom is -0.449 e. The van der Waals surface area contributed by atoms with Crippen LogP contribution in [0.3, 0.4) is 0 Å². The van der Waals surface area contributed by atoms with Crippen molar-refractivity contribution < 1.29 is 14.3 Å². The van der Waals surface area contributed by atoms with Crippen LogP contribution in [0, 0.1) is 0 Å². The Hall–Kier alpha value is -1.17. The third-order valence-corrected chi connectivity index (χ3v) is 5.00. The summed E-state index contributed by atoms with van der Waals surface area (Å²) in [4.78, 5) is 12.1. The summed E-state index contributed by atoms with van der Waals surface area (Å²) in [5.74, 6) is 1.74. The lowest BCUT2D eigenvalue weighted by Gasteiger charge is -2.31. The quantitative estimate of drug-likeness (QED) is 0.910. The van der Waals surface area contributed by atoms with Crippen LogP contribution in [0.2, 0.25) is 5.02 Å². The molecule has 4 nitrogen and oxygen atoms in total. The number of thioether (sulfide) groups is 1. The van der Waals surface area contributed by atoms with Crippen LogP contribution < -0.4 is 5.32 Å². The van der Waals surface area contributed by atoms with Crippen molar-refractivity contribution in [1.82, 2.24) is 5.32 Å². The van der Waals surface area contributed by atoms with Crippen LogP contribution in [-0.4, -0.2) is 34.7 Å². The van der Waals surface area contributed by atoms with E-state index in [2.05, 4.69) is 5.32 Å². The van der Waals surface area contributed by atoms with Gasteiger partial charge in [0.05, 0.1) is 10.6 Å². The molecule has 1 saturated heterocycles. The maximum absolute atomic E-state index is 12.1. The fraction of sp³-hybridized carbons (Fsp3) is 0.400. The highest BCUT2D eigenvalue weighted by molar-refractivity contribution is 7.99. The number of hydrogen-bond donors (Lipinski definition) is 2. The number of amides is 1. The maximum Gasteiger partial charge on any atom is 0.287 e. The Kier molecular flexibility index (Phi) is 4.15. The SMILES string of the molecule is O=C(NCC1(O)CCSCC1)c1cc2cccc(Cl)c2o1. The van der Waals surface area contributed by atoms with Gasteiger partial charge in [-0.3, -0.25) is 4.79 Å². The van der Waals surface area contributed by atoms with E-state index < -0.39 is 5.60 Å². The first-order chi connectivity index (χ1) is 10.1. The summed E-state index contributed by atoms with van der Waals surface area (Å²) in [6, 6.07) is 7.03. The van der Waals surface area contributed by atoms with Crippen molar-refractivity contribution in [2.45, 2.75) is 18.4 Å². The van der Waals surface area contributed by atoms with Crippen molar-refractivity contribution in [1.29, 1.82) is 0 Å². The molecule has 0 saturated carbocycles. The number of hydrogen-bond acceptors (Lipinski definition) is 4. The molecule has 0 unspecified atom stereocenters. The van der Waals surface area contributed by atoms with Crippen LogP contribution >= 0.6 is 23.4 Å².